The second kappa shape index (κ2) is 7.10. The zero-order valence-electron chi connectivity index (χ0n) is 12.9. The molecular formula is C14H23N5O2. The Hall–Kier alpha value is -2.05. The maximum atomic E-state index is 11.5. The quantitative estimate of drug-likeness (QED) is 0.892. The Kier molecular flexibility index (Phi) is 5.19. The van der Waals surface area contributed by atoms with Crippen LogP contribution in [0.3, 0.4) is 0 Å². The molecule has 0 radical (unpaired) electrons. The van der Waals surface area contributed by atoms with Gasteiger partial charge in [0.05, 0.1) is 7.11 Å². The molecular weight excluding hydrogens is 270 g/mol. The van der Waals surface area contributed by atoms with Gasteiger partial charge in [-0.25, -0.2) is 9.97 Å². The van der Waals surface area contributed by atoms with Gasteiger partial charge < -0.3 is 19.9 Å². The summed E-state index contributed by atoms with van der Waals surface area (Å²) >= 11 is 0. The van der Waals surface area contributed by atoms with Gasteiger partial charge in [-0.3, -0.25) is 4.79 Å². The van der Waals surface area contributed by atoms with E-state index >= 15 is 0 Å². The van der Waals surface area contributed by atoms with Crippen molar-refractivity contribution < 1.29 is 9.53 Å². The molecule has 1 N–H and O–H groups in total. The van der Waals surface area contributed by atoms with Crippen LogP contribution in [0.5, 0.6) is 5.75 Å². The first-order valence-corrected chi connectivity index (χ1v) is 7.30. The van der Waals surface area contributed by atoms with Crippen LogP contribution in [-0.4, -0.2) is 60.6 Å². The average molecular weight is 293 g/mol. The van der Waals surface area contributed by atoms with Crippen LogP contribution in [0.4, 0.5) is 11.6 Å². The van der Waals surface area contributed by atoms with E-state index < -0.39 is 0 Å². The second-order valence-corrected chi connectivity index (χ2v) is 4.96. The molecule has 1 aliphatic heterocycles. The first-order chi connectivity index (χ1) is 10.2. The number of aromatic nitrogens is 2. The molecule has 2 rings (SSSR count). The SMILES string of the molecule is CCNc1ncnc(N2CCCN(C(C)=O)CC2)c1OC. The minimum Gasteiger partial charge on any atom is -0.490 e. The highest BCUT2D eigenvalue weighted by atomic mass is 16.5. The molecule has 0 aromatic carbocycles. The van der Waals surface area contributed by atoms with Crippen molar-refractivity contribution >= 4 is 17.5 Å². The smallest absolute Gasteiger partial charge is 0.219 e. The summed E-state index contributed by atoms with van der Waals surface area (Å²) in [7, 11) is 1.63. The minimum absolute atomic E-state index is 0.125. The minimum atomic E-state index is 0.125. The van der Waals surface area contributed by atoms with Crippen LogP contribution in [0.1, 0.15) is 20.3 Å². The van der Waals surface area contributed by atoms with Crippen molar-refractivity contribution in [2.75, 3.05) is 50.1 Å². The van der Waals surface area contributed by atoms with E-state index in [0.717, 1.165) is 38.4 Å². The van der Waals surface area contributed by atoms with Crippen molar-refractivity contribution in [2.45, 2.75) is 20.3 Å². The van der Waals surface area contributed by atoms with E-state index in [4.69, 9.17) is 4.74 Å². The van der Waals surface area contributed by atoms with Crippen molar-refractivity contribution in [3.63, 3.8) is 0 Å². The Bertz CT molecular complexity index is 494. The molecule has 1 aromatic heterocycles. The molecule has 0 unspecified atom stereocenters. The summed E-state index contributed by atoms with van der Waals surface area (Å²) < 4.78 is 5.49. The number of amides is 1. The molecule has 0 bridgehead atoms. The molecule has 0 spiro atoms. The van der Waals surface area contributed by atoms with Crippen LogP contribution in [0.2, 0.25) is 0 Å². The number of ether oxygens (including phenoxy) is 1. The lowest BCUT2D eigenvalue weighted by atomic mass is 10.3. The molecule has 1 fully saturated rings. The monoisotopic (exact) mass is 293 g/mol. The van der Waals surface area contributed by atoms with Crippen LogP contribution in [0.25, 0.3) is 0 Å². The summed E-state index contributed by atoms with van der Waals surface area (Å²) in [5, 5.41) is 3.18. The molecule has 0 aliphatic carbocycles. The number of hydrogen-bond acceptors (Lipinski definition) is 6. The van der Waals surface area contributed by atoms with Crippen LogP contribution in [-0.2, 0) is 4.79 Å². The number of nitrogens with zero attached hydrogens (tertiary/aromatic N) is 4. The van der Waals surface area contributed by atoms with Gasteiger partial charge in [0.25, 0.3) is 0 Å². The van der Waals surface area contributed by atoms with Crippen LogP contribution in [0, 0.1) is 0 Å². The highest BCUT2D eigenvalue weighted by Gasteiger charge is 2.22. The fourth-order valence-corrected chi connectivity index (χ4v) is 2.52. The normalized spacial score (nSPS) is 15.6. The van der Waals surface area contributed by atoms with E-state index in [1.807, 2.05) is 11.8 Å². The first kappa shape index (κ1) is 15.3. The van der Waals surface area contributed by atoms with Gasteiger partial charge in [0.2, 0.25) is 11.7 Å². The Labute approximate surface area is 125 Å². The van der Waals surface area contributed by atoms with E-state index in [2.05, 4.69) is 20.2 Å². The van der Waals surface area contributed by atoms with E-state index in [1.165, 1.54) is 0 Å². The molecule has 1 aliphatic rings. The van der Waals surface area contributed by atoms with Gasteiger partial charge in [-0.2, -0.15) is 0 Å². The van der Waals surface area contributed by atoms with E-state index in [9.17, 15) is 4.79 Å². The van der Waals surface area contributed by atoms with Gasteiger partial charge in [0.15, 0.2) is 11.6 Å². The third-order valence-electron chi connectivity index (χ3n) is 3.57. The van der Waals surface area contributed by atoms with Gasteiger partial charge in [-0.1, -0.05) is 0 Å². The number of anilines is 2. The lowest BCUT2D eigenvalue weighted by molar-refractivity contribution is -0.128. The fraction of sp³-hybridized carbons (Fsp3) is 0.643. The predicted octanol–water partition coefficient (Wildman–Crippen LogP) is 0.976. The summed E-state index contributed by atoms with van der Waals surface area (Å²) in [4.78, 5) is 24.1. The van der Waals surface area contributed by atoms with Crippen LogP contribution in [0.15, 0.2) is 6.33 Å². The zero-order chi connectivity index (χ0) is 15.2. The van der Waals surface area contributed by atoms with Gasteiger partial charge in [-0.15, -0.1) is 0 Å². The fourth-order valence-electron chi connectivity index (χ4n) is 2.52. The van der Waals surface area contributed by atoms with E-state index in [0.29, 0.717) is 18.1 Å². The van der Waals surface area contributed by atoms with Crippen LogP contribution < -0.4 is 15.0 Å². The van der Waals surface area contributed by atoms with Crippen molar-refractivity contribution in [3.8, 4) is 5.75 Å². The molecule has 1 aromatic rings. The Morgan fingerprint density at radius 2 is 2.14 bits per heavy atom. The van der Waals surface area contributed by atoms with Crippen molar-refractivity contribution in [2.24, 2.45) is 0 Å². The van der Waals surface area contributed by atoms with Gasteiger partial charge >= 0.3 is 0 Å². The third-order valence-corrected chi connectivity index (χ3v) is 3.57. The standard InChI is InChI=1S/C14H23N5O2/c1-4-15-13-12(21-3)14(17-10-16-13)19-7-5-6-18(8-9-19)11(2)20/h10H,4-9H2,1-3H3,(H,15,16,17). The molecule has 21 heavy (non-hydrogen) atoms. The van der Waals surface area contributed by atoms with E-state index in [-0.39, 0.29) is 5.91 Å². The largest absolute Gasteiger partial charge is 0.490 e. The Balaban J connectivity index is 2.21. The van der Waals surface area contributed by atoms with Crippen LogP contribution >= 0.6 is 0 Å². The summed E-state index contributed by atoms with van der Waals surface area (Å²) in [6.45, 7) is 7.49. The number of hydrogen-bond donors (Lipinski definition) is 1. The molecule has 7 nitrogen and oxygen atoms in total. The number of nitrogens with one attached hydrogen (secondary N) is 1. The second-order valence-electron chi connectivity index (χ2n) is 4.96. The highest BCUT2D eigenvalue weighted by molar-refractivity contribution is 5.73. The molecule has 116 valence electrons. The molecule has 7 heteroatoms. The topological polar surface area (TPSA) is 70.6 Å². The zero-order valence-corrected chi connectivity index (χ0v) is 12.9. The maximum Gasteiger partial charge on any atom is 0.219 e. The molecule has 2 heterocycles. The lowest BCUT2D eigenvalue weighted by Crippen LogP contribution is -2.34. The maximum absolute atomic E-state index is 11.5. The average Bonchev–Trinajstić information content (AvgIpc) is 2.73. The Morgan fingerprint density at radius 3 is 2.81 bits per heavy atom. The number of carbonyl (C=O) groups excluding carboxylic acids is 1. The summed E-state index contributed by atoms with van der Waals surface area (Å²) in [5.41, 5.74) is 0. The molecule has 0 atom stereocenters. The third kappa shape index (κ3) is 3.53. The van der Waals surface area contributed by atoms with E-state index in [1.54, 1.807) is 20.4 Å². The summed E-state index contributed by atoms with van der Waals surface area (Å²) in [6.07, 6.45) is 2.47. The van der Waals surface area contributed by atoms with Crippen molar-refractivity contribution in [1.29, 1.82) is 0 Å². The molecule has 1 amide bonds. The van der Waals surface area contributed by atoms with Gasteiger partial charge in [0.1, 0.15) is 6.33 Å². The lowest BCUT2D eigenvalue weighted by Gasteiger charge is -2.24. The highest BCUT2D eigenvalue weighted by Crippen LogP contribution is 2.32. The molecule has 0 saturated carbocycles. The van der Waals surface area contributed by atoms with Crippen molar-refractivity contribution in [3.05, 3.63) is 6.33 Å². The number of rotatable bonds is 4. The molecule has 1 saturated heterocycles. The Morgan fingerprint density at radius 1 is 1.33 bits per heavy atom. The van der Waals surface area contributed by atoms with Gasteiger partial charge in [0, 0.05) is 39.6 Å². The van der Waals surface area contributed by atoms with Crippen molar-refractivity contribution in [1.82, 2.24) is 14.9 Å². The predicted molar refractivity (Wildman–Crippen MR) is 81.8 cm³/mol. The summed E-state index contributed by atoms with van der Waals surface area (Å²) in [5.74, 6) is 2.28. The number of methoxy groups -OCH3 is 1. The first-order valence-electron chi connectivity index (χ1n) is 7.30. The van der Waals surface area contributed by atoms with Gasteiger partial charge in [-0.05, 0) is 13.3 Å². The number of carbonyl (C=O) groups is 1. The summed E-state index contributed by atoms with van der Waals surface area (Å²) in [6, 6.07) is 0.